The second-order valence-corrected chi connectivity index (χ2v) is 3.92. The van der Waals surface area contributed by atoms with Gasteiger partial charge < -0.3 is 4.74 Å². The number of hydrogen-bond donors (Lipinski definition) is 0. The fraction of sp³-hybridized carbons (Fsp3) is 0.182. The number of Topliss-reactive ketones (excluding diaryl/α,β-unsaturated/α-hetero) is 1. The molecule has 0 radical (unpaired) electrons. The molecule has 0 saturated carbocycles. The van der Waals surface area contributed by atoms with Crippen LogP contribution in [0.5, 0.6) is 5.75 Å². The van der Waals surface area contributed by atoms with Crippen LogP contribution in [0.2, 0.25) is 10.0 Å². The zero-order chi connectivity index (χ0) is 11.6. The summed E-state index contributed by atoms with van der Waals surface area (Å²) in [6.45, 7) is 5.20. The predicted octanol–water partition coefficient (Wildman–Crippen LogP) is 3.76. The zero-order valence-corrected chi connectivity index (χ0v) is 9.95. The Morgan fingerprint density at radius 3 is 2.47 bits per heavy atom. The molecule has 0 fully saturated rings. The normalized spacial score (nSPS) is 9.87. The van der Waals surface area contributed by atoms with E-state index in [4.69, 9.17) is 27.9 Å². The summed E-state index contributed by atoms with van der Waals surface area (Å²) in [6.07, 6.45) is 0. The van der Waals surface area contributed by atoms with Crippen LogP contribution in [0.1, 0.15) is 17.3 Å². The minimum Gasteiger partial charge on any atom is -0.494 e. The molecule has 0 aliphatic rings. The predicted molar refractivity (Wildman–Crippen MR) is 62.2 cm³/mol. The SMILES string of the molecule is C=C(C)C(=O)c1cc(Cl)cc(Cl)c1OC. The third-order valence-corrected chi connectivity index (χ3v) is 2.34. The van der Waals surface area contributed by atoms with E-state index in [0.717, 1.165) is 0 Å². The van der Waals surface area contributed by atoms with Crippen LogP contribution in [0.15, 0.2) is 24.3 Å². The summed E-state index contributed by atoms with van der Waals surface area (Å²) in [7, 11) is 1.45. The number of benzene rings is 1. The molecule has 0 aromatic heterocycles. The molecular weight excluding hydrogens is 235 g/mol. The van der Waals surface area contributed by atoms with E-state index in [2.05, 4.69) is 6.58 Å². The number of ketones is 1. The molecule has 4 heteroatoms. The first-order chi connectivity index (χ1) is 6.97. The number of rotatable bonds is 3. The van der Waals surface area contributed by atoms with Gasteiger partial charge >= 0.3 is 0 Å². The summed E-state index contributed by atoms with van der Waals surface area (Å²) >= 11 is 11.7. The highest BCUT2D eigenvalue weighted by atomic mass is 35.5. The minimum atomic E-state index is -0.226. The van der Waals surface area contributed by atoms with Gasteiger partial charge in [0, 0.05) is 5.02 Å². The van der Waals surface area contributed by atoms with Crippen molar-refractivity contribution in [2.45, 2.75) is 6.92 Å². The van der Waals surface area contributed by atoms with Gasteiger partial charge in [-0.1, -0.05) is 29.8 Å². The van der Waals surface area contributed by atoms with Crippen LogP contribution in [-0.4, -0.2) is 12.9 Å². The molecule has 0 N–H and O–H groups in total. The number of carbonyl (C=O) groups excluding carboxylic acids is 1. The van der Waals surface area contributed by atoms with Gasteiger partial charge in [-0.2, -0.15) is 0 Å². The molecule has 0 aliphatic heterocycles. The second-order valence-electron chi connectivity index (χ2n) is 3.08. The van der Waals surface area contributed by atoms with E-state index >= 15 is 0 Å². The first-order valence-corrected chi connectivity index (χ1v) is 4.96. The zero-order valence-electron chi connectivity index (χ0n) is 8.43. The molecule has 1 aromatic carbocycles. The largest absolute Gasteiger partial charge is 0.494 e. The fourth-order valence-electron chi connectivity index (χ4n) is 1.17. The summed E-state index contributed by atoms with van der Waals surface area (Å²) in [5.41, 5.74) is 0.745. The number of allylic oxidation sites excluding steroid dienone is 1. The highest BCUT2D eigenvalue weighted by Gasteiger charge is 2.16. The van der Waals surface area contributed by atoms with Gasteiger partial charge in [-0.25, -0.2) is 0 Å². The van der Waals surface area contributed by atoms with E-state index in [1.165, 1.54) is 19.2 Å². The lowest BCUT2D eigenvalue weighted by molar-refractivity contribution is 0.103. The Bertz CT molecular complexity index is 425. The molecule has 0 amide bonds. The first-order valence-electron chi connectivity index (χ1n) is 4.20. The molecule has 0 atom stereocenters. The summed E-state index contributed by atoms with van der Waals surface area (Å²) in [4.78, 5) is 11.7. The molecule has 15 heavy (non-hydrogen) atoms. The first kappa shape index (κ1) is 12.1. The molecule has 0 heterocycles. The van der Waals surface area contributed by atoms with Crippen LogP contribution in [-0.2, 0) is 0 Å². The van der Waals surface area contributed by atoms with Crippen LogP contribution < -0.4 is 4.74 Å². The van der Waals surface area contributed by atoms with Crippen molar-refractivity contribution in [3.8, 4) is 5.75 Å². The maximum Gasteiger partial charge on any atom is 0.191 e. The Kier molecular flexibility index (Phi) is 3.77. The lowest BCUT2D eigenvalue weighted by atomic mass is 10.1. The molecule has 0 bridgehead atoms. The lowest BCUT2D eigenvalue weighted by Crippen LogP contribution is -2.03. The molecule has 1 rings (SSSR count). The Morgan fingerprint density at radius 2 is 2.00 bits per heavy atom. The summed E-state index contributed by atoms with van der Waals surface area (Å²) in [5.74, 6) is 0.102. The average Bonchev–Trinajstić information content (AvgIpc) is 2.15. The quantitative estimate of drug-likeness (QED) is 0.598. The number of methoxy groups -OCH3 is 1. The van der Waals surface area contributed by atoms with Gasteiger partial charge in [0.05, 0.1) is 17.7 Å². The average molecular weight is 245 g/mol. The fourth-order valence-corrected chi connectivity index (χ4v) is 1.74. The Balaban J connectivity index is 3.38. The Labute approximate surface area is 98.4 Å². The van der Waals surface area contributed by atoms with Gasteiger partial charge in [0.15, 0.2) is 5.78 Å². The monoisotopic (exact) mass is 244 g/mol. The molecule has 2 nitrogen and oxygen atoms in total. The summed E-state index contributed by atoms with van der Waals surface area (Å²) in [6, 6.07) is 3.04. The molecule has 80 valence electrons. The third kappa shape index (κ3) is 2.52. The number of hydrogen-bond acceptors (Lipinski definition) is 2. The smallest absolute Gasteiger partial charge is 0.191 e. The third-order valence-electron chi connectivity index (χ3n) is 1.84. The maximum absolute atomic E-state index is 11.7. The molecule has 0 spiro atoms. The molecule has 0 aliphatic carbocycles. The highest BCUT2D eigenvalue weighted by molar-refractivity contribution is 6.36. The van der Waals surface area contributed by atoms with Gasteiger partial charge in [0.1, 0.15) is 5.75 Å². The highest BCUT2D eigenvalue weighted by Crippen LogP contribution is 2.33. The summed E-state index contributed by atoms with van der Waals surface area (Å²) in [5, 5.41) is 0.708. The van der Waals surface area contributed by atoms with Gasteiger partial charge in [-0.15, -0.1) is 0 Å². The van der Waals surface area contributed by atoms with Crippen molar-refractivity contribution >= 4 is 29.0 Å². The summed E-state index contributed by atoms with van der Waals surface area (Å²) < 4.78 is 5.05. The van der Waals surface area contributed by atoms with Crippen LogP contribution in [0.25, 0.3) is 0 Å². The van der Waals surface area contributed by atoms with E-state index in [1.54, 1.807) is 6.92 Å². The maximum atomic E-state index is 11.7. The molecular formula is C11H10Cl2O2. The van der Waals surface area contributed by atoms with E-state index in [0.29, 0.717) is 26.9 Å². The van der Waals surface area contributed by atoms with Crippen molar-refractivity contribution in [1.82, 2.24) is 0 Å². The Hall–Kier alpha value is -0.990. The molecule has 0 saturated heterocycles. The molecule has 0 unspecified atom stereocenters. The van der Waals surface area contributed by atoms with Crippen LogP contribution in [0, 0.1) is 0 Å². The van der Waals surface area contributed by atoms with Gasteiger partial charge in [-0.05, 0) is 24.6 Å². The Morgan fingerprint density at radius 1 is 1.40 bits per heavy atom. The van der Waals surface area contributed by atoms with Gasteiger partial charge in [0.2, 0.25) is 0 Å². The van der Waals surface area contributed by atoms with E-state index in [9.17, 15) is 4.79 Å². The van der Waals surface area contributed by atoms with Crippen LogP contribution in [0.3, 0.4) is 0 Å². The topological polar surface area (TPSA) is 26.3 Å². The van der Waals surface area contributed by atoms with Crippen molar-refractivity contribution in [2.75, 3.05) is 7.11 Å². The van der Waals surface area contributed by atoms with Crippen molar-refractivity contribution in [2.24, 2.45) is 0 Å². The van der Waals surface area contributed by atoms with Crippen molar-refractivity contribution < 1.29 is 9.53 Å². The molecule has 1 aromatic rings. The van der Waals surface area contributed by atoms with Crippen LogP contribution in [0.4, 0.5) is 0 Å². The number of carbonyl (C=O) groups is 1. The van der Waals surface area contributed by atoms with Crippen LogP contribution >= 0.6 is 23.2 Å². The van der Waals surface area contributed by atoms with Crippen molar-refractivity contribution in [1.29, 1.82) is 0 Å². The lowest BCUT2D eigenvalue weighted by Gasteiger charge is -2.09. The van der Waals surface area contributed by atoms with Gasteiger partial charge in [0.25, 0.3) is 0 Å². The minimum absolute atomic E-state index is 0.226. The van der Waals surface area contributed by atoms with Gasteiger partial charge in [-0.3, -0.25) is 4.79 Å². The second kappa shape index (κ2) is 4.69. The van der Waals surface area contributed by atoms with Crippen molar-refractivity contribution in [3.05, 3.63) is 39.9 Å². The van der Waals surface area contributed by atoms with E-state index in [1.807, 2.05) is 0 Å². The standard InChI is InChI=1S/C11H10Cl2O2/c1-6(2)10(14)8-4-7(12)5-9(13)11(8)15-3/h4-5H,1H2,2-3H3. The van der Waals surface area contributed by atoms with E-state index in [-0.39, 0.29) is 5.78 Å². The number of halogens is 2. The van der Waals surface area contributed by atoms with Crippen molar-refractivity contribution in [3.63, 3.8) is 0 Å². The van der Waals surface area contributed by atoms with E-state index < -0.39 is 0 Å². The number of ether oxygens (including phenoxy) is 1.